The topological polar surface area (TPSA) is 73.1 Å². The lowest BCUT2D eigenvalue weighted by Crippen LogP contribution is -1.97. The first-order valence-electron chi connectivity index (χ1n) is 5.40. The van der Waals surface area contributed by atoms with E-state index in [2.05, 4.69) is 5.32 Å². The Hall–Kier alpha value is -2.51. The molecule has 2 rings (SSSR count). The Bertz CT molecular complexity index is 677. The summed E-state index contributed by atoms with van der Waals surface area (Å²) in [5, 5.41) is 21.1. The SMILES string of the molecule is N#Cc1ccc(Nc2cccc(C(=O)O)c2)cc1Cl. The Labute approximate surface area is 114 Å². The van der Waals surface area contributed by atoms with Gasteiger partial charge in [-0.3, -0.25) is 0 Å². The molecule has 0 saturated heterocycles. The molecule has 0 heterocycles. The van der Waals surface area contributed by atoms with Gasteiger partial charge in [0, 0.05) is 11.4 Å². The molecule has 0 atom stereocenters. The molecule has 2 N–H and O–H groups in total. The molecule has 0 radical (unpaired) electrons. The maximum Gasteiger partial charge on any atom is 0.335 e. The lowest BCUT2D eigenvalue weighted by Gasteiger charge is -2.08. The van der Waals surface area contributed by atoms with Crippen LogP contribution in [0.2, 0.25) is 5.02 Å². The van der Waals surface area contributed by atoms with Crippen molar-refractivity contribution in [1.82, 2.24) is 0 Å². The molecule has 0 saturated carbocycles. The van der Waals surface area contributed by atoms with Crippen LogP contribution in [-0.2, 0) is 0 Å². The minimum atomic E-state index is -0.985. The van der Waals surface area contributed by atoms with Crippen molar-refractivity contribution in [2.24, 2.45) is 0 Å². The maximum atomic E-state index is 10.9. The summed E-state index contributed by atoms with van der Waals surface area (Å²) in [6.45, 7) is 0. The second kappa shape index (κ2) is 5.42. The standard InChI is InChI=1S/C14H9ClN2O2/c15-13-7-12(5-4-10(13)8-16)17-11-3-1-2-9(6-11)14(18)19/h1-7,17H,(H,18,19). The van der Waals surface area contributed by atoms with Crippen molar-refractivity contribution in [2.45, 2.75) is 0 Å². The number of hydrogen-bond donors (Lipinski definition) is 2. The highest BCUT2D eigenvalue weighted by Gasteiger charge is 2.05. The van der Waals surface area contributed by atoms with Gasteiger partial charge in [0.15, 0.2) is 0 Å². The van der Waals surface area contributed by atoms with Crippen LogP contribution in [0, 0.1) is 11.3 Å². The van der Waals surface area contributed by atoms with Crippen LogP contribution in [0.5, 0.6) is 0 Å². The van der Waals surface area contributed by atoms with Crippen molar-refractivity contribution in [2.75, 3.05) is 5.32 Å². The molecular weight excluding hydrogens is 264 g/mol. The molecule has 0 aliphatic heterocycles. The lowest BCUT2D eigenvalue weighted by molar-refractivity contribution is 0.0697. The lowest BCUT2D eigenvalue weighted by atomic mass is 10.2. The summed E-state index contributed by atoms with van der Waals surface area (Å²) in [5.41, 5.74) is 1.92. The van der Waals surface area contributed by atoms with Crippen LogP contribution in [0.3, 0.4) is 0 Å². The fourth-order valence-corrected chi connectivity index (χ4v) is 1.80. The number of hydrogen-bond acceptors (Lipinski definition) is 3. The molecule has 0 aliphatic rings. The first kappa shape index (κ1) is 12.9. The van der Waals surface area contributed by atoms with Gasteiger partial charge in [0.05, 0.1) is 16.1 Å². The molecule has 19 heavy (non-hydrogen) atoms. The van der Waals surface area contributed by atoms with Gasteiger partial charge in [0.2, 0.25) is 0 Å². The summed E-state index contributed by atoms with van der Waals surface area (Å²) in [5.74, 6) is -0.985. The zero-order chi connectivity index (χ0) is 13.8. The molecule has 0 unspecified atom stereocenters. The Morgan fingerprint density at radius 1 is 1.21 bits per heavy atom. The molecule has 0 aromatic heterocycles. The number of carbonyl (C=O) groups is 1. The Morgan fingerprint density at radius 3 is 2.58 bits per heavy atom. The number of benzene rings is 2. The van der Waals surface area contributed by atoms with Crippen molar-refractivity contribution >= 4 is 28.9 Å². The molecule has 94 valence electrons. The van der Waals surface area contributed by atoms with Crippen LogP contribution in [0.1, 0.15) is 15.9 Å². The van der Waals surface area contributed by atoms with Crippen LogP contribution in [-0.4, -0.2) is 11.1 Å². The molecule has 0 fully saturated rings. The van der Waals surface area contributed by atoms with E-state index in [4.69, 9.17) is 22.0 Å². The van der Waals surface area contributed by atoms with Gasteiger partial charge in [-0.05, 0) is 36.4 Å². The molecular formula is C14H9ClN2O2. The van der Waals surface area contributed by atoms with E-state index in [0.717, 1.165) is 0 Å². The average molecular weight is 273 g/mol. The predicted octanol–water partition coefficient (Wildman–Crippen LogP) is 3.65. The van der Waals surface area contributed by atoms with E-state index in [1.807, 2.05) is 6.07 Å². The van der Waals surface area contributed by atoms with E-state index in [1.54, 1.807) is 30.3 Å². The number of nitriles is 1. The van der Waals surface area contributed by atoms with Crippen molar-refractivity contribution in [1.29, 1.82) is 5.26 Å². The molecule has 0 spiro atoms. The summed E-state index contributed by atoms with van der Waals surface area (Å²) in [4.78, 5) is 10.9. The number of aromatic carboxylic acids is 1. The summed E-state index contributed by atoms with van der Waals surface area (Å²) < 4.78 is 0. The van der Waals surface area contributed by atoms with Crippen molar-refractivity contribution in [3.63, 3.8) is 0 Å². The quantitative estimate of drug-likeness (QED) is 0.894. The fourth-order valence-electron chi connectivity index (χ4n) is 1.58. The first-order chi connectivity index (χ1) is 9.10. The van der Waals surface area contributed by atoms with Crippen molar-refractivity contribution in [3.05, 3.63) is 58.6 Å². The van der Waals surface area contributed by atoms with Crippen LogP contribution in [0.15, 0.2) is 42.5 Å². The normalized spacial score (nSPS) is 9.68. The second-order valence-corrected chi connectivity index (χ2v) is 4.22. The van der Waals surface area contributed by atoms with Gasteiger partial charge in [0.25, 0.3) is 0 Å². The number of rotatable bonds is 3. The van der Waals surface area contributed by atoms with Gasteiger partial charge in [-0.15, -0.1) is 0 Å². The number of carboxylic acid groups (broad SMARTS) is 1. The third-order valence-corrected chi connectivity index (χ3v) is 2.80. The molecule has 5 heteroatoms. The van der Waals surface area contributed by atoms with E-state index in [1.165, 1.54) is 12.1 Å². The maximum absolute atomic E-state index is 10.9. The molecule has 0 aliphatic carbocycles. The summed E-state index contributed by atoms with van der Waals surface area (Å²) in [7, 11) is 0. The van der Waals surface area contributed by atoms with Gasteiger partial charge >= 0.3 is 5.97 Å². The monoisotopic (exact) mass is 272 g/mol. The van der Waals surface area contributed by atoms with Crippen LogP contribution < -0.4 is 5.32 Å². The van der Waals surface area contributed by atoms with Crippen LogP contribution >= 0.6 is 11.6 Å². The summed E-state index contributed by atoms with van der Waals surface area (Å²) >= 11 is 5.92. The molecule has 0 amide bonds. The minimum absolute atomic E-state index is 0.199. The average Bonchev–Trinajstić information content (AvgIpc) is 2.39. The Balaban J connectivity index is 2.26. The molecule has 2 aromatic rings. The highest BCUT2D eigenvalue weighted by molar-refractivity contribution is 6.32. The van der Waals surface area contributed by atoms with E-state index >= 15 is 0 Å². The van der Waals surface area contributed by atoms with Gasteiger partial charge in [0.1, 0.15) is 6.07 Å². The first-order valence-corrected chi connectivity index (χ1v) is 5.78. The van der Waals surface area contributed by atoms with Gasteiger partial charge in [-0.1, -0.05) is 17.7 Å². The smallest absolute Gasteiger partial charge is 0.335 e. The van der Waals surface area contributed by atoms with E-state index < -0.39 is 5.97 Å². The molecule has 0 bridgehead atoms. The third kappa shape index (κ3) is 3.03. The number of nitrogens with one attached hydrogen (secondary N) is 1. The summed E-state index contributed by atoms with van der Waals surface area (Å²) in [6.07, 6.45) is 0. The Morgan fingerprint density at radius 2 is 1.95 bits per heavy atom. The van der Waals surface area contributed by atoms with Gasteiger partial charge < -0.3 is 10.4 Å². The van der Waals surface area contributed by atoms with Crippen molar-refractivity contribution in [3.8, 4) is 6.07 Å². The fraction of sp³-hybridized carbons (Fsp3) is 0. The largest absolute Gasteiger partial charge is 0.478 e. The van der Waals surface area contributed by atoms with Gasteiger partial charge in [-0.25, -0.2) is 4.79 Å². The minimum Gasteiger partial charge on any atom is -0.478 e. The second-order valence-electron chi connectivity index (χ2n) is 3.82. The highest BCUT2D eigenvalue weighted by Crippen LogP contribution is 2.23. The van der Waals surface area contributed by atoms with Crippen molar-refractivity contribution < 1.29 is 9.90 Å². The number of anilines is 2. The highest BCUT2D eigenvalue weighted by atomic mass is 35.5. The van der Waals surface area contributed by atoms with E-state index in [9.17, 15) is 4.79 Å². The molecule has 2 aromatic carbocycles. The van der Waals surface area contributed by atoms with Crippen LogP contribution in [0.25, 0.3) is 0 Å². The van der Waals surface area contributed by atoms with Crippen LogP contribution in [0.4, 0.5) is 11.4 Å². The summed E-state index contributed by atoms with van der Waals surface area (Å²) in [6, 6.07) is 13.3. The number of halogens is 1. The van der Waals surface area contributed by atoms with E-state index in [-0.39, 0.29) is 5.56 Å². The van der Waals surface area contributed by atoms with E-state index in [0.29, 0.717) is 22.0 Å². The third-order valence-electron chi connectivity index (χ3n) is 2.49. The Kier molecular flexibility index (Phi) is 3.69. The zero-order valence-corrected chi connectivity index (χ0v) is 10.5. The number of nitrogens with zero attached hydrogens (tertiary/aromatic N) is 1. The molecule has 4 nitrogen and oxygen atoms in total. The number of carboxylic acids is 1. The predicted molar refractivity (Wildman–Crippen MR) is 72.9 cm³/mol. The van der Waals surface area contributed by atoms with Gasteiger partial charge in [-0.2, -0.15) is 5.26 Å². The zero-order valence-electron chi connectivity index (χ0n) is 9.72.